The van der Waals surface area contributed by atoms with Gasteiger partial charge in [-0.2, -0.15) is 0 Å². The van der Waals surface area contributed by atoms with Gasteiger partial charge >= 0.3 is 0 Å². The van der Waals surface area contributed by atoms with Crippen LogP contribution in [0.4, 0.5) is 0 Å². The van der Waals surface area contributed by atoms with Gasteiger partial charge in [0.25, 0.3) is 0 Å². The van der Waals surface area contributed by atoms with Crippen molar-refractivity contribution >= 4 is 22.9 Å². The second-order valence-electron chi connectivity index (χ2n) is 5.57. The Morgan fingerprint density at radius 1 is 1.50 bits per heavy atom. The van der Waals surface area contributed by atoms with Crippen molar-refractivity contribution in [1.82, 2.24) is 10.2 Å². The Morgan fingerprint density at radius 3 is 2.90 bits per heavy atom. The molecule has 1 aliphatic heterocycles. The maximum Gasteiger partial charge on any atom is 0.0931 e. The van der Waals surface area contributed by atoms with E-state index < -0.39 is 0 Å². The summed E-state index contributed by atoms with van der Waals surface area (Å²) in [5, 5.41) is 3.63. The van der Waals surface area contributed by atoms with Crippen LogP contribution in [-0.4, -0.2) is 43.3 Å². The summed E-state index contributed by atoms with van der Waals surface area (Å²) in [6, 6.07) is 4.91. The highest BCUT2D eigenvalue weighted by Crippen LogP contribution is 2.31. The van der Waals surface area contributed by atoms with Gasteiger partial charge in [-0.25, -0.2) is 0 Å². The first kappa shape index (κ1) is 16.2. The summed E-state index contributed by atoms with van der Waals surface area (Å²) in [4.78, 5) is 3.77. The first-order valence-electron chi connectivity index (χ1n) is 7.46. The number of thiophene rings is 1. The van der Waals surface area contributed by atoms with Gasteiger partial charge in [0.05, 0.1) is 23.1 Å². The van der Waals surface area contributed by atoms with Gasteiger partial charge in [0.15, 0.2) is 0 Å². The Balaban J connectivity index is 2.09. The van der Waals surface area contributed by atoms with Gasteiger partial charge < -0.3 is 10.1 Å². The predicted molar refractivity (Wildman–Crippen MR) is 86.8 cm³/mol. The minimum atomic E-state index is 0.201. The Bertz CT molecular complexity index is 410. The fraction of sp³-hybridized carbons (Fsp3) is 0.733. The number of rotatable bonds is 6. The van der Waals surface area contributed by atoms with Crippen LogP contribution >= 0.6 is 22.9 Å². The van der Waals surface area contributed by atoms with Crippen molar-refractivity contribution in [3.05, 3.63) is 21.3 Å². The molecule has 0 bridgehead atoms. The van der Waals surface area contributed by atoms with E-state index in [4.69, 9.17) is 16.3 Å². The van der Waals surface area contributed by atoms with E-state index in [0.29, 0.717) is 6.04 Å². The number of ether oxygens (including phenoxy) is 1. The van der Waals surface area contributed by atoms with E-state index in [1.807, 2.05) is 6.07 Å². The van der Waals surface area contributed by atoms with Crippen LogP contribution < -0.4 is 5.32 Å². The van der Waals surface area contributed by atoms with Gasteiger partial charge in [0, 0.05) is 24.0 Å². The van der Waals surface area contributed by atoms with E-state index >= 15 is 0 Å². The Labute approximate surface area is 131 Å². The maximum absolute atomic E-state index is 6.10. The molecule has 2 unspecified atom stereocenters. The van der Waals surface area contributed by atoms with Crippen molar-refractivity contribution in [2.45, 2.75) is 45.4 Å². The predicted octanol–water partition coefficient (Wildman–Crippen LogP) is 3.55. The van der Waals surface area contributed by atoms with Gasteiger partial charge in [-0.3, -0.25) is 4.90 Å². The van der Waals surface area contributed by atoms with Crippen LogP contribution in [0, 0.1) is 0 Å². The van der Waals surface area contributed by atoms with Gasteiger partial charge in [-0.1, -0.05) is 18.5 Å². The largest absolute Gasteiger partial charge is 0.374 e. The van der Waals surface area contributed by atoms with Crippen LogP contribution in [0.15, 0.2) is 12.1 Å². The summed E-state index contributed by atoms with van der Waals surface area (Å²) in [6.07, 6.45) is 1.32. The molecule has 2 rings (SSSR count). The van der Waals surface area contributed by atoms with Crippen LogP contribution in [0.2, 0.25) is 4.34 Å². The first-order valence-corrected chi connectivity index (χ1v) is 8.65. The zero-order chi connectivity index (χ0) is 14.5. The Morgan fingerprint density at radius 2 is 2.30 bits per heavy atom. The third-order valence-electron chi connectivity index (χ3n) is 3.74. The van der Waals surface area contributed by atoms with Crippen LogP contribution in [0.1, 0.15) is 38.1 Å². The van der Waals surface area contributed by atoms with Crippen molar-refractivity contribution < 1.29 is 4.74 Å². The second kappa shape index (κ2) is 7.76. The molecule has 2 heterocycles. The average molecular weight is 317 g/mol. The minimum Gasteiger partial charge on any atom is -0.374 e. The topological polar surface area (TPSA) is 24.5 Å². The van der Waals surface area contributed by atoms with Gasteiger partial charge in [0.1, 0.15) is 0 Å². The van der Waals surface area contributed by atoms with E-state index in [9.17, 15) is 0 Å². The van der Waals surface area contributed by atoms with Crippen LogP contribution in [0.5, 0.6) is 0 Å². The van der Waals surface area contributed by atoms with Crippen LogP contribution in [-0.2, 0) is 4.74 Å². The molecule has 1 aromatic rings. The van der Waals surface area contributed by atoms with Gasteiger partial charge in [-0.15, -0.1) is 11.3 Å². The summed E-state index contributed by atoms with van der Waals surface area (Å²) in [6.45, 7) is 10.5. The van der Waals surface area contributed by atoms with Crippen molar-refractivity contribution in [3.8, 4) is 0 Å². The number of halogens is 1. The van der Waals surface area contributed by atoms with Crippen LogP contribution in [0.3, 0.4) is 0 Å². The Hall–Kier alpha value is -0.130. The number of nitrogens with one attached hydrogen (secondary N) is 1. The number of hydrogen-bond donors (Lipinski definition) is 1. The van der Waals surface area contributed by atoms with Crippen molar-refractivity contribution in [3.63, 3.8) is 0 Å². The molecule has 0 spiro atoms. The van der Waals surface area contributed by atoms with Crippen molar-refractivity contribution in [2.75, 3.05) is 26.2 Å². The molecule has 1 N–H and O–H groups in total. The molecule has 0 aromatic carbocycles. The fourth-order valence-corrected chi connectivity index (χ4v) is 3.77. The highest BCUT2D eigenvalue weighted by molar-refractivity contribution is 7.16. The quantitative estimate of drug-likeness (QED) is 0.868. The second-order valence-corrected chi connectivity index (χ2v) is 7.32. The standard InChI is InChI=1S/C15H25ClN2OS/c1-4-7-17-15(13-5-6-14(16)20-13)12-10-18(11(2)3)8-9-19-12/h5-6,11-12,15,17H,4,7-10H2,1-3H3. The average Bonchev–Trinajstić information content (AvgIpc) is 2.86. The summed E-state index contributed by atoms with van der Waals surface area (Å²) in [5.74, 6) is 0. The van der Waals surface area contributed by atoms with Gasteiger partial charge in [0.2, 0.25) is 0 Å². The lowest BCUT2D eigenvalue weighted by molar-refractivity contribution is -0.0555. The summed E-state index contributed by atoms with van der Waals surface area (Å²) < 4.78 is 6.89. The highest BCUT2D eigenvalue weighted by Gasteiger charge is 2.30. The number of hydrogen-bond acceptors (Lipinski definition) is 4. The van der Waals surface area contributed by atoms with E-state index in [1.165, 1.54) is 4.88 Å². The molecular weight excluding hydrogens is 292 g/mol. The van der Waals surface area contributed by atoms with E-state index in [0.717, 1.165) is 37.0 Å². The van der Waals surface area contributed by atoms with E-state index in [2.05, 4.69) is 37.1 Å². The third-order valence-corrected chi connectivity index (χ3v) is 5.06. The molecule has 0 saturated carbocycles. The molecule has 1 aromatic heterocycles. The third kappa shape index (κ3) is 4.18. The molecule has 5 heteroatoms. The molecule has 2 atom stereocenters. The lowest BCUT2D eigenvalue weighted by atomic mass is 10.1. The normalized spacial score (nSPS) is 22.4. The highest BCUT2D eigenvalue weighted by atomic mass is 35.5. The molecule has 1 saturated heterocycles. The minimum absolute atomic E-state index is 0.201. The molecule has 1 fully saturated rings. The first-order chi connectivity index (χ1) is 9.61. The molecule has 0 aliphatic carbocycles. The van der Waals surface area contributed by atoms with Gasteiger partial charge in [-0.05, 0) is 38.9 Å². The number of nitrogens with zero attached hydrogens (tertiary/aromatic N) is 1. The SMILES string of the molecule is CCCNC(c1ccc(Cl)s1)C1CN(C(C)C)CCO1. The summed E-state index contributed by atoms with van der Waals surface area (Å²) in [7, 11) is 0. The van der Waals surface area contributed by atoms with Crippen molar-refractivity contribution in [1.29, 1.82) is 0 Å². The number of morpholine rings is 1. The smallest absolute Gasteiger partial charge is 0.0931 e. The van der Waals surface area contributed by atoms with Crippen LogP contribution in [0.25, 0.3) is 0 Å². The summed E-state index contributed by atoms with van der Waals surface area (Å²) in [5.41, 5.74) is 0. The molecule has 0 radical (unpaired) electrons. The molecule has 114 valence electrons. The van der Waals surface area contributed by atoms with E-state index in [-0.39, 0.29) is 12.1 Å². The van der Waals surface area contributed by atoms with Crippen molar-refractivity contribution in [2.24, 2.45) is 0 Å². The lowest BCUT2D eigenvalue weighted by Gasteiger charge is -2.39. The molecule has 1 aliphatic rings. The van der Waals surface area contributed by atoms with E-state index in [1.54, 1.807) is 11.3 Å². The Kier molecular flexibility index (Phi) is 6.30. The zero-order valence-corrected chi connectivity index (χ0v) is 14.1. The molecule has 20 heavy (non-hydrogen) atoms. The summed E-state index contributed by atoms with van der Waals surface area (Å²) >= 11 is 7.75. The zero-order valence-electron chi connectivity index (χ0n) is 12.6. The fourth-order valence-electron chi connectivity index (χ4n) is 2.58. The molecule has 3 nitrogen and oxygen atoms in total. The lowest BCUT2D eigenvalue weighted by Crippen LogP contribution is -2.50. The maximum atomic E-state index is 6.10. The molecule has 0 amide bonds. The monoisotopic (exact) mass is 316 g/mol. The molecular formula is C15H25ClN2OS.